The monoisotopic (exact) mass is 265 g/mol. The lowest BCUT2D eigenvalue weighted by Gasteiger charge is -2.25. The highest BCUT2D eigenvalue weighted by Gasteiger charge is 2.21. The summed E-state index contributed by atoms with van der Waals surface area (Å²) in [6, 6.07) is 0. The van der Waals surface area contributed by atoms with Crippen molar-refractivity contribution in [2.24, 2.45) is 5.92 Å². The van der Waals surface area contributed by atoms with Crippen LogP contribution in [0.1, 0.15) is 32.6 Å². The fourth-order valence-electron chi connectivity index (χ4n) is 1.98. The molecule has 0 atom stereocenters. The third-order valence-corrected chi connectivity index (χ3v) is 4.42. The fraction of sp³-hybridized carbons (Fsp3) is 1.00. The average molecular weight is 265 g/mol. The summed E-state index contributed by atoms with van der Waals surface area (Å²) in [5.74, 6) is 0.385. The molecule has 5 nitrogen and oxygen atoms in total. The van der Waals surface area contributed by atoms with Gasteiger partial charge in [-0.15, -0.1) is 0 Å². The van der Waals surface area contributed by atoms with Gasteiger partial charge in [0.25, 0.3) is 0 Å². The van der Waals surface area contributed by atoms with E-state index in [-0.39, 0.29) is 18.5 Å². The molecule has 1 aliphatic rings. The van der Waals surface area contributed by atoms with Gasteiger partial charge in [-0.1, -0.05) is 0 Å². The first-order valence-corrected chi connectivity index (χ1v) is 7.92. The molecule has 0 aromatic heterocycles. The second kappa shape index (κ2) is 7.31. The van der Waals surface area contributed by atoms with Gasteiger partial charge in [-0.05, 0) is 38.5 Å². The minimum Gasteiger partial charge on any atom is -0.393 e. The van der Waals surface area contributed by atoms with Crippen LogP contribution in [0.5, 0.6) is 0 Å². The van der Waals surface area contributed by atoms with Gasteiger partial charge in [0.1, 0.15) is 0 Å². The van der Waals surface area contributed by atoms with Gasteiger partial charge in [0.15, 0.2) is 0 Å². The lowest BCUT2D eigenvalue weighted by molar-refractivity contribution is 0.109. The molecule has 1 saturated carbocycles. The van der Waals surface area contributed by atoms with Gasteiger partial charge < -0.3 is 9.84 Å². The lowest BCUT2D eigenvalue weighted by atomic mass is 9.88. The molecule has 0 amide bonds. The highest BCUT2D eigenvalue weighted by atomic mass is 32.2. The Labute approximate surface area is 104 Å². The second-order valence-corrected chi connectivity index (χ2v) is 6.47. The molecule has 0 bridgehead atoms. The number of sulfonamides is 1. The van der Waals surface area contributed by atoms with Gasteiger partial charge in [0, 0.05) is 13.2 Å². The Bertz CT molecular complexity index is 297. The van der Waals surface area contributed by atoms with Crippen LogP contribution in [0.2, 0.25) is 0 Å². The molecule has 0 aromatic carbocycles. The lowest BCUT2D eigenvalue weighted by Crippen LogP contribution is -2.34. The Kier molecular flexibility index (Phi) is 6.40. The van der Waals surface area contributed by atoms with E-state index in [4.69, 9.17) is 4.74 Å². The van der Waals surface area contributed by atoms with Crippen molar-refractivity contribution in [2.75, 3.05) is 25.5 Å². The van der Waals surface area contributed by atoms with Crippen LogP contribution >= 0.6 is 0 Å². The third kappa shape index (κ3) is 6.35. The van der Waals surface area contributed by atoms with Crippen molar-refractivity contribution in [3.63, 3.8) is 0 Å². The molecular weight excluding hydrogens is 242 g/mol. The van der Waals surface area contributed by atoms with Crippen molar-refractivity contribution in [1.29, 1.82) is 0 Å². The first-order chi connectivity index (χ1) is 8.03. The maximum absolute atomic E-state index is 11.6. The van der Waals surface area contributed by atoms with Crippen LogP contribution in [-0.4, -0.2) is 45.1 Å². The molecular formula is C11H23NO4S. The van der Waals surface area contributed by atoms with Crippen LogP contribution in [0.25, 0.3) is 0 Å². The van der Waals surface area contributed by atoms with Crippen molar-refractivity contribution in [1.82, 2.24) is 4.72 Å². The largest absolute Gasteiger partial charge is 0.393 e. The molecule has 1 fully saturated rings. The standard InChI is InChI=1S/C11H23NO4S/c1-2-16-7-8-17(14,15)12-9-10-3-5-11(13)6-4-10/h10-13H,2-9H2,1H3. The van der Waals surface area contributed by atoms with Gasteiger partial charge in [-0.2, -0.15) is 0 Å². The predicted molar refractivity (Wildman–Crippen MR) is 66.2 cm³/mol. The van der Waals surface area contributed by atoms with Crippen LogP contribution in [0, 0.1) is 5.92 Å². The van der Waals surface area contributed by atoms with Crippen LogP contribution in [0.15, 0.2) is 0 Å². The van der Waals surface area contributed by atoms with Gasteiger partial charge in [-0.25, -0.2) is 13.1 Å². The fourth-order valence-corrected chi connectivity index (χ4v) is 2.95. The highest BCUT2D eigenvalue weighted by molar-refractivity contribution is 7.89. The zero-order valence-corrected chi connectivity index (χ0v) is 11.2. The summed E-state index contributed by atoms with van der Waals surface area (Å²) >= 11 is 0. The number of aliphatic hydroxyl groups excluding tert-OH is 1. The molecule has 0 radical (unpaired) electrons. The molecule has 17 heavy (non-hydrogen) atoms. The Balaban J connectivity index is 2.20. The highest BCUT2D eigenvalue weighted by Crippen LogP contribution is 2.23. The smallest absolute Gasteiger partial charge is 0.213 e. The molecule has 2 N–H and O–H groups in total. The zero-order valence-electron chi connectivity index (χ0n) is 10.4. The summed E-state index contributed by atoms with van der Waals surface area (Å²) in [4.78, 5) is 0. The molecule has 1 aliphatic carbocycles. The molecule has 0 saturated heterocycles. The van der Waals surface area contributed by atoms with Crippen molar-refractivity contribution < 1.29 is 18.3 Å². The van der Waals surface area contributed by atoms with Crippen LogP contribution < -0.4 is 4.72 Å². The van der Waals surface area contributed by atoms with E-state index < -0.39 is 10.0 Å². The quantitative estimate of drug-likeness (QED) is 0.657. The molecule has 0 spiro atoms. The van der Waals surface area contributed by atoms with Gasteiger partial charge in [-0.3, -0.25) is 0 Å². The molecule has 1 rings (SSSR count). The topological polar surface area (TPSA) is 75.6 Å². The van der Waals surface area contributed by atoms with Crippen molar-refractivity contribution in [3.8, 4) is 0 Å². The van der Waals surface area contributed by atoms with Crippen molar-refractivity contribution in [3.05, 3.63) is 0 Å². The Morgan fingerprint density at radius 1 is 1.29 bits per heavy atom. The van der Waals surface area contributed by atoms with Crippen molar-refractivity contribution in [2.45, 2.75) is 38.7 Å². The summed E-state index contributed by atoms with van der Waals surface area (Å²) in [6.45, 7) is 3.11. The third-order valence-electron chi connectivity index (χ3n) is 3.11. The molecule has 0 unspecified atom stereocenters. The van der Waals surface area contributed by atoms with Gasteiger partial charge in [0.05, 0.1) is 18.5 Å². The normalized spacial score (nSPS) is 26.0. The number of hydrogen-bond acceptors (Lipinski definition) is 4. The zero-order chi connectivity index (χ0) is 12.7. The molecule has 6 heteroatoms. The summed E-state index contributed by atoms with van der Waals surface area (Å²) in [7, 11) is -3.20. The first kappa shape index (κ1) is 14.9. The molecule has 0 heterocycles. The number of hydrogen-bond donors (Lipinski definition) is 2. The van der Waals surface area contributed by atoms with E-state index in [0.717, 1.165) is 25.7 Å². The maximum Gasteiger partial charge on any atom is 0.213 e. The van der Waals surface area contributed by atoms with Crippen LogP contribution in [0.3, 0.4) is 0 Å². The SMILES string of the molecule is CCOCCS(=O)(=O)NCC1CCC(O)CC1. The molecule has 0 aliphatic heterocycles. The van der Waals surface area contributed by atoms with Crippen LogP contribution in [0.4, 0.5) is 0 Å². The van der Waals surface area contributed by atoms with E-state index in [0.29, 0.717) is 19.1 Å². The average Bonchev–Trinajstić information content (AvgIpc) is 2.29. The summed E-state index contributed by atoms with van der Waals surface area (Å²) in [5, 5.41) is 9.34. The second-order valence-electron chi connectivity index (χ2n) is 4.54. The number of aliphatic hydroxyl groups is 1. The minimum absolute atomic E-state index is 0.0240. The first-order valence-electron chi connectivity index (χ1n) is 6.26. The summed E-state index contributed by atoms with van der Waals surface area (Å²) in [6.07, 6.45) is 3.17. The number of nitrogens with one attached hydrogen (secondary N) is 1. The Morgan fingerprint density at radius 2 is 1.94 bits per heavy atom. The van der Waals surface area contributed by atoms with E-state index in [1.165, 1.54) is 0 Å². The van der Waals surface area contributed by atoms with E-state index >= 15 is 0 Å². The van der Waals surface area contributed by atoms with Crippen LogP contribution in [-0.2, 0) is 14.8 Å². The van der Waals surface area contributed by atoms with E-state index in [9.17, 15) is 13.5 Å². The van der Waals surface area contributed by atoms with E-state index in [1.807, 2.05) is 6.92 Å². The number of ether oxygens (including phenoxy) is 1. The maximum atomic E-state index is 11.6. The minimum atomic E-state index is -3.20. The van der Waals surface area contributed by atoms with Crippen molar-refractivity contribution >= 4 is 10.0 Å². The number of rotatable bonds is 7. The van der Waals surface area contributed by atoms with E-state index in [1.54, 1.807) is 0 Å². The predicted octanol–water partition coefficient (Wildman–Crippen LogP) is 0.493. The van der Waals surface area contributed by atoms with E-state index in [2.05, 4.69) is 4.72 Å². The molecule has 0 aromatic rings. The van der Waals surface area contributed by atoms with Gasteiger partial charge in [0.2, 0.25) is 10.0 Å². The molecule has 102 valence electrons. The summed E-state index contributed by atoms with van der Waals surface area (Å²) < 4.78 is 30.8. The van der Waals surface area contributed by atoms with Gasteiger partial charge >= 0.3 is 0 Å². The Hall–Kier alpha value is -0.170. The Morgan fingerprint density at radius 3 is 2.53 bits per heavy atom. The summed E-state index contributed by atoms with van der Waals surface area (Å²) in [5.41, 5.74) is 0.